The predicted molar refractivity (Wildman–Crippen MR) is 108 cm³/mol. The van der Waals surface area contributed by atoms with E-state index in [1.165, 1.54) is 37.1 Å². The Bertz CT molecular complexity index is 874. The van der Waals surface area contributed by atoms with Crippen LogP contribution in [0.1, 0.15) is 31.2 Å². The Hall–Kier alpha value is -3.49. The van der Waals surface area contributed by atoms with Gasteiger partial charge in [0.25, 0.3) is 11.4 Å². The lowest BCUT2D eigenvalue weighted by Gasteiger charge is -2.24. The van der Waals surface area contributed by atoms with Gasteiger partial charge in [0, 0.05) is 48.6 Å². The first-order valence-corrected chi connectivity index (χ1v) is 9.11. The van der Waals surface area contributed by atoms with Gasteiger partial charge in [0.05, 0.1) is 21.7 Å². The van der Waals surface area contributed by atoms with Crippen molar-refractivity contribution in [2.45, 2.75) is 25.7 Å². The molecule has 2 aromatic rings. The predicted octanol–water partition coefficient (Wildman–Crippen LogP) is 4.33. The number of rotatable bonds is 6. The summed E-state index contributed by atoms with van der Waals surface area (Å²) in [6, 6.07) is 10.7. The van der Waals surface area contributed by atoms with E-state index in [2.05, 4.69) is 15.4 Å². The van der Waals surface area contributed by atoms with Crippen molar-refractivity contribution < 1.29 is 9.85 Å². The number of nitrogens with zero attached hydrogens (tertiary/aromatic N) is 4. The highest BCUT2D eigenvalue weighted by molar-refractivity contribution is 5.89. The van der Waals surface area contributed by atoms with Gasteiger partial charge < -0.3 is 4.90 Å². The van der Waals surface area contributed by atoms with Crippen molar-refractivity contribution >= 4 is 29.0 Å². The van der Waals surface area contributed by atoms with Gasteiger partial charge in [-0.3, -0.25) is 25.7 Å². The van der Waals surface area contributed by atoms with Gasteiger partial charge in [0.15, 0.2) is 0 Å². The average Bonchev–Trinajstić information content (AvgIpc) is 2.97. The Balaban J connectivity index is 1.81. The van der Waals surface area contributed by atoms with Crippen LogP contribution in [0.3, 0.4) is 0 Å². The molecule has 0 atom stereocenters. The third-order valence-corrected chi connectivity index (χ3v) is 4.64. The number of hydrogen-bond donors (Lipinski definition) is 1. The maximum atomic E-state index is 11.2. The average molecular weight is 383 g/mol. The van der Waals surface area contributed by atoms with E-state index in [0.29, 0.717) is 11.3 Å². The van der Waals surface area contributed by atoms with Crippen LogP contribution in [0.2, 0.25) is 0 Å². The van der Waals surface area contributed by atoms with Gasteiger partial charge in [-0.25, -0.2) is 0 Å². The van der Waals surface area contributed by atoms with Crippen molar-refractivity contribution in [2.24, 2.45) is 5.10 Å². The van der Waals surface area contributed by atoms with Crippen molar-refractivity contribution in [2.75, 3.05) is 23.4 Å². The quantitative estimate of drug-likeness (QED) is 0.451. The molecule has 28 heavy (non-hydrogen) atoms. The van der Waals surface area contributed by atoms with Crippen LogP contribution in [0.5, 0.6) is 0 Å². The van der Waals surface area contributed by atoms with E-state index in [1.807, 2.05) is 0 Å². The molecule has 0 amide bonds. The summed E-state index contributed by atoms with van der Waals surface area (Å²) in [5, 5.41) is 26.0. The molecule has 2 aromatic carbocycles. The lowest BCUT2D eigenvalue weighted by Crippen LogP contribution is -2.25. The molecule has 1 aliphatic rings. The lowest BCUT2D eigenvalue weighted by molar-refractivity contribution is -0.385. The minimum Gasteiger partial charge on any atom is -0.371 e. The highest BCUT2D eigenvalue weighted by Crippen LogP contribution is 2.27. The molecule has 1 fully saturated rings. The first-order chi connectivity index (χ1) is 13.5. The first kappa shape index (κ1) is 19.3. The van der Waals surface area contributed by atoms with Gasteiger partial charge in [-0.15, -0.1) is 0 Å². The number of hydrogen-bond acceptors (Lipinski definition) is 7. The molecule has 3 rings (SSSR count). The van der Waals surface area contributed by atoms with Crippen LogP contribution < -0.4 is 10.3 Å². The number of hydrazone groups is 1. The van der Waals surface area contributed by atoms with E-state index in [4.69, 9.17) is 0 Å². The number of nitrogens with one attached hydrogen (secondary N) is 1. The van der Waals surface area contributed by atoms with Crippen molar-refractivity contribution in [1.29, 1.82) is 0 Å². The summed E-state index contributed by atoms with van der Waals surface area (Å²) in [5.41, 5.74) is 4.98. The smallest absolute Gasteiger partial charge is 0.270 e. The van der Waals surface area contributed by atoms with E-state index in [9.17, 15) is 20.2 Å². The molecule has 0 bridgehead atoms. The number of non-ortho nitro benzene ring substituents is 2. The SMILES string of the molecule is O=[N+]([O-])c1ccc(NN=Cc2cc([N+](=O)[O-])ccc2N2CCCCCC2)cc1. The molecule has 0 unspecified atom stereocenters. The van der Waals surface area contributed by atoms with Crippen molar-refractivity contribution in [1.82, 2.24) is 0 Å². The molecular weight excluding hydrogens is 362 g/mol. The van der Waals surface area contributed by atoms with Crippen LogP contribution in [0, 0.1) is 20.2 Å². The second kappa shape index (κ2) is 8.94. The van der Waals surface area contributed by atoms with Crippen molar-refractivity contribution in [3.63, 3.8) is 0 Å². The summed E-state index contributed by atoms with van der Waals surface area (Å²) in [7, 11) is 0. The molecule has 0 radical (unpaired) electrons. The molecule has 1 N–H and O–H groups in total. The second-order valence-corrected chi connectivity index (χ2v) is 6.58. The van der Waals surface area contributed by atoms with E-state index >= 15 is 0 Å². The highest BCUT2D eigenvalue weighted by atomic mass is 16.6. The van der Waals surface area contributed by atoms with E-state index < -0.39 is 9.85 Å². The van der Waals surface area contributed by atoms with Gasteiger partial charge in [-0.2, -0.15) is 5.10 Å². The van der Waals surface area contributed by atoms with E-state index in [0.717, 1.165) is 31.6 Å². The van der Waals surface area contributed by atoms with Gasteiger partial charge in [0.2, 0.25) is 0 Å². The fourth-order valence-corrected chi connectivity index (χ4v) is 3.19. The van der Waals surface area contributed by atoms with Gasteiger partial charge in [-0.1, -0.05) is 12.8 Å². The van der Waals surface area contributed by atoms with Gasteiger partial charge >= 0.3 is 0 Å². The zero-order valence-corrected chi connectivity index (χ0v) is 15.3. The molecule has 146 valence electrons. The Morgan fingerprint density at radius 3 is 2.11 bits per heavy atom. The zero-order valence-electron chi connectivity index (χ0n) is 15.3. The molecule has 9 heteroatoms. The number of nitro groups is 2. The lowest BCUT2D eigenvalue weighted by atomic mass is 10.1. The molecule has 0 spiro atoms. The van der Waals surface area contributed by atoms with Crippen LogP contribution in [0.25, 0.3) is 0 Å². The number of benzene rings is 2. The highest BCUT2D eigenvalue weighted by Gasteiger charge is 2.16. The molecule has 0 saturated carbocycles. The van der Waals surface area contributed by atoms with Crippen molar-refractivity contribution in [3.05, 3.63) is 68.3 Å². The maximum absolute atomic E-state index is 11.2. The van der Waals surface area contributed by atoms with E-state index in [-0.39, 0.29) is 11.4 Å². The largest absolute Gasteiger partial charge is 0.371 e. The summed E-state index contributed by atoms with van der Waals surface area (Å²) in [6.07, 6.45) is 6.11. The monoisotopic (exact) mass is 383 g/mol. The molecule has 0 aromatic heterocycles. The van der Waals surface area contributed by atoms with Crippen molar-refractivity contribution in [3.8, 4) is 0 Å². The van der Waals surface area contributed by atoms with E-state index in [1.54, 1.807) is 24.4 Å². The minimum absolute atomic E-state index is 0.00309. The molecule has 1 heterocycles. The third-order valence-electron chi connectivity index (χ3n) is 4.64. The summed E-state index contributed by atoms with van der Waals surface area (Å²) < 4.78 is 0. The Morgan fingerprint density at radius 1 is 0.893 bits per heavy atom. The standard InChI is InChI=1S/C19H21N5O4/c25-23(26)17-7-5-16(6-8-17)21-20-14-15-13-18(24(27)28)9-10-19(15)22-11-3-1-2-4-12-22/h5-10,13-14,21H,1-4,11-12H2. The second-order valence-electron chi connectivity index (χ2n) is 6.58. The van der Waals surface area contributed by atoms with Crippen LogP contribution in [0.4, 0.5) is 22.7 Å². The van der Waals surface area contributed by atoms with Gasteiger partial charge in [-0.05, 0) is 31.0 Å². The van der Waals surface area contributed by atoms with Crippen LogP contribution in [-0.2, 0) is 0 Å². The Kier molecular flexibility index (Phi) is 6.15. The number of anilines is 2. The molecular formula is C19H21N5O4. The topological polar surface area (TPSA) is 114 Å². The normalized spacial score (nSPS) is 14.6. The molecule has 9 nitrogen and oxygen atoms in total. The Labute approximate surface area is 162 Å². The molecule has 0 aliphatic carbocycles. The summed E-state index contributed by atoms with van der Waals surface area (Å²) in [5.74, 6) is 0. The molecule has 1 saturated heterocycles. The zero-order chi connectivity index (χ0) is 19.9. The number of nitro benzene ring substituents is 2. The minimum atomic E-state index is -0.469. The fraction of sp³-hybridized carbons (Fsp3) is 0.316. The Morgan fingerprint density at radius 2 is 1.50 bits per heavy atom. The third kappa shape index (κ3) is 4.81. The first-order valence-electron chi connectivity index (χ1n) is 9.11. The fourth-order valence-electron chi connectivity index (χ4n) is 3.19. The van der Waals surface area contributed by atoms with Gasteiger partial charge in [0.1, 0.15) is 0 Å². The summed E-state index contributed by atoms with van der Waals surface area (Å²) in [4.78, 5) is 23.2. The maximum Gasteiger partial charge on any atom is 0.270 e. The van der Waals surface area contributed by atoms with Crippen LogP contribution in [0.15, 0.2) is 47.6 Å². The van der Waals surface area contributed by atoms with Crippen LogP contribution >= 0.6 is 0 Å². The molecule has 1 aliphatic heterocycles. The summed E-state index contributed by atoms with van der Waals surface area (Å²) in [6.45, 7) is 1.82. The van der Waals surface area contributed by atoms with Crippen LogP contribution in [-0.4, -0.2) is 29.2 Å². The summed E-state index contributed by atoms with van der Waals surface area (Å²) >= 11 is 0.